The number of aromatic nitrogens is 1. The number of H-pyrrole nitrogens is 1. The van der Waals surface area contributed by atoms with Crippen LogP contribution in [0, 0.1) is 11.6 Å². The van der Waals surface area contributed by atoms with Gasteiger partial charge in [0.1, 0.15) is 11.6 Å². The van der Waals surface area contributed by atoms with Gasteiger partial charge in [-0.3, -0.25) is 4.79 Å². The lowest BCUT2D eigenvalue weighted by Crippen LogP contribution is -2.16. The van der Waals surface area contributed by atoms with Gasteiger partial charge >= 0.3 is 4.87 Å². The summed E-state index contributed by atoms with van der Waals surface area (Å²) in [5, 5.41) is 4.55. The van der Waals surface area contributed by atoms with E-state index in [4.69, 9.17) is 0 Å². The first kappa shape index (κ1) is 13.4. The topological polar surface area (TPSA) is 44.9 Å². The lowest BCUT2D eigenvalue weighted by molar-refractivity contribution is 0.530. The average molecular weight is 335 g/mol. The fourth-order valence-electron chi connectivity index (χ4n) is 1.45. The molecule has 0 saturated heterocycles. The van der Waals surface area contributed by atoms with Crippen molar-refractivity contribution >= 4 is 27.3 Å². The van der Waals surface area contributed by atoms with Crippen LogP contribution in [0.5, 0.6) is 0 Å². The van der Waals surface area contributed by atoms with Crippen molar-refractivity contribution in [2.75, 3.05) is 0 Å². The zero-order valence-corrected chi connectivity index (χ0v) is 11.5. The Kier molecular flexibility index (Phi) is 4.26. The minimum Gasteiger partial charge on any atom is -0.315 e. The SMILES string of the molecule is O=c1[nH]c(CNCc2c(F)ccc(Br)c2F)cs1. The predicted molar refractivity (Wildman–Crippen MR) is 69.5 cm³/mol. The van der Waals surface area contributed by atoms with Crippen LogP contribution in [-0.4, -0.2) is 4.98 Å². The van der Waals surface area contributed by atoms with Gasteiger partial charge in [0.15, 0.2) is 0 Å². The van der Waals surface area contributed by atoms with E-state index in [-0.39, 0.29) is 21.5 Å². The Bertz CT molecular complexity index is 611. The summed E-state index contributed by atoms with van der Waals surface area (Å²) in [4.78, 5) is 13.3. The first-order chi connectivity index (χ1) is 8.58. The molecule has 2 aromatic rings. The molecule has 96 valence electrons. The number of benzene rings is 1. The van der Waals surface area contributed by atoms with Gasteiger partial charge in [-0.1, -0.05) is 11.3 Å². The summed E-state index contributed by atoms with van der Waals surface area (Å²) in [6, 6.07) is 2.53. The number of halogens is 3. The normalized spacial score (nSPS) is 10.8. The lowest BCUT2D eigenvalue weighted by Gasteiger charge is -2.07. The Morgan fingerprint density at radius 1 is 1.33 bits per heavy atom. The average Bonchev–Trinajstić information content (AvgIpc) is 2.74. The Labute approximate surface area is 114 Å². The summed E-state index contributed by atoms with van der Waals surface area (Å²) in [5.41, 5.74) is 0.669. The zero-order chi connectivity index (χ0) is 13.1. The summed E-state index contributed by atoms with van der Waals surface area (Å²) in [6.07, 6.45) is 0. The molecule has 0 bridgehead atoms. The van der Waals surface area contributed by atoms with Crippen LogP contribution in [0.25, 0.3) is 0 Å². The maximum atomic E-state index is 13.6. The highest BCUT2D eigenvalue weighted by atomic mass is 79.9. The quantitative estimate of drug-likeness (QED) is 0.844. The van der Waals surface area contributed by atoms with E-state index in [1.165, 1.54) is 12.1 Å². The van der Waals surface area contributed by atoms with E-state index in [0.29, 0.717) is 12.2 Å². The van der Waals surface area contributed by atoms with Gasteiger partial charge in [-0.15, -0.1) is 0 Å². The molecule has 0 saturated carbocycles. The van der Waals surface area contributed by atoms with Gasteiger partial charge in [-0.05, 0) is 28.1 Å². The first-order valence-corrected chi connectivity index (χ1v) is 6.75. The summed E-state index contributed by atoms with van der Waals surface area (Å²) in [5.74, 6) is -1.21. The van der Waals surface area contributed by atoms with Crippen molar-refractivity contribution in [3.05, 3.63) is 54.5 Å². The van der Waals surface area contributed by atoms with Gasteiger partial charge in [-0.25, -0.2) is 8.78 Å². The Morgan fingerprint density at radius 2 is 2.11 bits per heavy atom. The third-order valence-electron chi connectivity index (χ3n) is 2.33. The summed E-state index contributed by atoms with van der Waals surface area (Å²) in [7, 11) is 0. The molecule has 1 aromatic heterocycles. The number of thiazole rings is 1. The van der Waals surface area contributed by atoms with Crippen LogP contribution in [0.15, 0.2) is 26.8 Å². The molecule has 2 N–H and O–H groups in total. The van der Waals surface area contributed by atoms with Gasteiger partial charge in [0.25, 0.3) is 0 Å². The number of nitrogens with one attached hydrogen (secondary N) is 2. The van der Waals surface area contributed by atoms with Crippen LogP contribution >= 0.6 is 27.3 Å². The number of rotatable bonds is 4. The second-order valence-corrected chi connectivity index (χ2v) is 5.30. The van der Waals surface area contributed by atoms with Gasteiger partial charge < -0.3 is 10.3 Å². The smallest absolute Gasteiger partial charge is 0.304 e. The predicted octanol–water partition coefficient (Wildman–Crippen LogP) is 2.77. The zero-order valence-electron chi connectivity index (χ0n) is 9.10. The molecule has 18 heavy (non-hydrogen) atoms. The van der Waals surface area contributed by atoms with E-state index in [9.17, 15) is 13.6 Å². The highest BCUT2D eigenvalue weighted by Gasteiger charge is 2.11. The maximum absolute atomic E-state index is 13.6. The van der Waals surface area contributed by atoms with Crippen molar-refractivity contribution in [1.29, 1.82) is 0 Å². The van der Waals surface area contributed by atoms with Crippen molar-refractivity contribution in [3.8, 4) is 0 Å². The molecule has 0 aliphatic rings. The fourth-order valence-corrected chi connectivity index (χ4v) is 2.41. The highest BCUT2D eigenvalue weighted by molar-refractivity contribution is 9.10. The summed E-state index contributed by atoms with van der Waals surface area (Å²) >= 11 is 4.06. The van der Waals surface area contributed by atoms with Crippen LogP contribution in [-0.2, 0) is 13.1 Å². The molecule has 7 heteroatoms. The fraction of sp³-hybridized carbons (Fsp3) is 0.182. The van der Waals surface area contributed by atoms with Gasteiger partial charge in [0.2, 0.25) is 0 Å². The van der Waals surface area contributed by atoms with Crippen molar-refractivity contribution in [2.24, 2.45) is 0 Å². The molecule has 2 rings (SSSR count). The molecule has 0 unspecified atom stereocenters. The largest absolute Gasteiger partial charge is 0.315 e. The number of hydrogen-bond donors (Lipinski definition) is 2. The summed E-state index contributed by atoms with van der Waals surface area (Å²) < 4.78 is 27.2. The van der Waals surface area contributed by atoms with Crippen molar-refractivity contribution in [2.45, 2.75) is 13.1 Å². The second kappa shape index (κ2) is 5.73. The van der Waals surface area contributed by atoms with Crippen LogP contribution in [0.2, 0.25) is 0 Å². The second-order valence-electron chi connectivity index (χ2n) is 3.60. The van der Waals surface area contributed by atoms with Gasteiger partial charge in [0.05, 0.1) is 4.47 Å². The van der Waals surface area contributed by atoms with Crippen LogP contribution in [0.4, 0.5) is 8.78 Å². The molecular weight excluding hydrogens is 326 g/mol. The summed E-state index contributed by atoms with van der Waals surface area (Å²) in [6.45, 7) is 0.402. The molecule has 0 aliphatic heterocycles. The van der Waals surface area contributed by atoms with Gasteiger partial charge in [-0.2, -0.15) is 0 Å². The van der Waals surface area contributed by atoms with Crippen LogP contribution in [0.1, 0.15) is 11.3 Å². The maximum Gasteiger partial charge on any atom is 0.304 e. The van der Waals surface area contributed by atoms with Crippen LogP contribution < -0.4 is 10.2 Å². The molecular formula is C11H9BrF2N2OS. The molecule has 0 amide bonds. The molecule has 0 fully saturated rings. The molecule has 0 radical (unpaired) electrons. The van der Waals surface area contributed by atoms with E-state index in [1.54, 1.807) is 5.38 Å². The number of hydrogen-bond acceptors (Lipinski definition) is 3. The monoisotopic (exact) mass is 334 g/mol. The minimum atomic E-state index is -0.610. The Hall–Kier alpha value is -1.05. The van der Waals surface area contributed by atoms with E-state index in [1.807, 2.05) is 0 Å². The van der Waals surface area contributed by atoms with E-state index in [2.05, 4.69) is 26.2 Å². The van der Waals surface area contributed by atoms with Gasteiger partial charge in [0, 0.05) is 29.7 Å². The first-order valence-electron chi connectivity index (χ1n) is 5.07. The third kappa shape index (κ3) is 3.04. The Balaban J connectivity index is 2.02. The van der Waals surface area contributed by atoms with Crippen LogP contribution in [0.3, 0.4) is 0 Å². The lowest BCUT2D eigenvalue weighted by atomic mass is 10.2. The number of aromatic amines is 1. The van der Waals surface area contributed by atoms with E-state index in [0.717, 1.165) is 11.3 Å². The molecule has 0 aliphatic carbocycles. The molecule has 3 nitrogen and oxygen atoms in total. The van der Waals surface area contributed by atoms with E-state index >= 15 is 0 Å². The van der Waals surface area contributed by atoms with Crippen molar-refractivity contribution < 1.29 is 8.78 Å². The minimum absolute atomic E-state index is 0.0260. The standard InChI is InChI=1S/C11H9BrF2N2OS/c12-8-1-2-9(13)7(10(8)14)4-15-3-6-5-18-11(17)16-6/h1-2,5,15H,3-4H2,(H,16,17). The molecule has 1 heterocycles. The Morgan fingerprint density at radius 3 is 2.78 bits per heavy atom. The van der Waals surface area contributed by atoms with Crippen molar-refractivity contribution in [3.63, 3.8) is 0 Å². The molecule has 1 aromatic carbocycles. The third-order valence-corrected chi connectivity index (χ3v) is 3.66. The highest BCUT2D eigenvalue weighted by Crippen LogP contribution is 2.21. The molecule has 0 atom stereocenters. The van der Waals surface area contributed by atoms with Crippen molar-refractivity contribution in [1.82, 2.24) is 10.3 Å². The molecule has 0 spiro atoms. The van der Waals surface area contributed by atoms with E-state index < -0.39 is 11.6 Å².